The van der Waals surface area contributed by atoms with E-state index in [0.717, 1.165) is 43.4 Å². The van der Waals surface area contributed by atoms with Crippen LogP contribution in [0.1, 0.15) is 59.3 Å². The zero-order valence-electron chi connectivity index (χ0n) is 13.7. The van der Waals surface area contributed by atoms with Gasteiger partial charge in [-0.1, -0.05) is 13.8 Å². The van der Waals surface area contributed by atoms with E-state index >= 15 is 0 Å². The number of aliphatic hydroxyl groups is 1. The number of hydrogen-bond acceptors (Lipinski definition) is 2. The van der Waals surface area contributed by atoms with E-state index in [4.69, 9.17) is 0 Å². The van der Waals surface area contributed by atoms with Crippen LogP contribution in [0.4, 0.5) is 0 Å². The summed E-state index contributed by atoms with van der Waals surface area (Å²) >= 11 is 0. The summed E-state index contributed by atoms with van der Waals surface area (Å²) in [6.45, 7) is 6.65. The van der Waals surface area contributed by atoms with Gasteiger partial charge in [-0.3, -0.25) is 4.79 Å². The normalized spacial score (nSPS) is 59.5. The lowest BCUT2D eigenvalue weighted by molar-refractivity contribution is -0.181. The van der Waals surface area contributed by atoms with Crippen molar-refractivity contribution < 1.29 is 9.90 Å². The molecule has 0 saturated heterocycles. The van der Waals surface area contributed by atoms with Gasteiger partial charge >= 0.3 is 0 Å². The average Bonchev–Trinajstić information content (AvgIpc) is 2.42. The van der Waals surface area contributed by atoms with Gasteiger partial charge in [0.2, 0.25) is 0 Å². The van der Waals surface area contributed by atoms with Gasteiger partial charge in [0.1, 0.15) is 5.78 Å². The van der Waals surface area contributed by atoms with Crippen LogP contribution in [-0.4, -0.2) is 16.5 Å². The highest BCUT2D eigenvalue weighted by molar-refractivity contribution is 5.84. The molecule has 1 N–H and O–H groups in total. The average molecular weight is 290 g/mol. The lowest BCUT2D eigenvalue weighted by Crippen LogP contribution is -2.60. The second-order valence-electron chi connectivity index (χ2n) is 9.02. The Morgan fingerprint density at radius 2 is 1.86 bits per heavy atom. The van der Waals surface area contributed by atoms with Crippen LogP contribution in [-0.2, 0) is 4.79 Å². The number of Topliss-reactive ketones (excluding diaryl/α,β-unsaturated/α-hetero) is 1. The van der Waals surface area contributed by atoms with Crippen LogP contribution in [0.25, 0.3) is 0 Å². The summed E-state index contributed by atoms with van der Waals surface area (Å²) in [4.78, 5) is 12.7. The van der Waals surface area contributed by atoms with Crippen molar-refractivity contribution in [2.75, 3.05) is 0 Å². The molecule has 0 amide bonds. The smallest absolute Gasteiger partial charge is 0.139 e. The first-order chi connectivity index (χ1) is 9.90. The number of hydrogen-bond donors (Lipinski definition) is 1. The van der Waals surface area contributed by atoms with Crippen molar-refractivity contribution in [2.45, 2.75) is 64.9 Å². The summed E-state index contributed by atoms with van der Waals surface area (Å²) in [6.07, 6.45) is 6.71. The molecule has 0 radical (unpaired) electrons. The molecule has 21 heavy (non-hydrogen) atoms. The summed E-state index contributed by atoms with van der Waals surface area (Å²) in [5.41, 5.74) is -0.486. The Morgan fingerprint density at radius 3 is 2.62 bits per heavy atom. The molecule has 4 aliphatic rings. The molecule has 2 heteroatoms. The lowest BCUT2D eigenvalue weighted by atomic mass is 9.43. The molecule has 0 aromatic carbocycles. The minimum absolute atomic E-state index is 0.278. The van der Waals surface area contributed by atoms with Crippen LogP contribution < -0.4 is 0 Å². The third-order valence-electron chi connectivity index (χ3n) is 7.90. The molecule has 0 unspecified atom stereocenters. The van der Waals surface area contributed by atoms with Crippen molar-refractivity contribution in [3.63, 3.8) is 0 Å². The van der Waals surface area contributed by atoms with Gasteiger partial charge in [0.15, 0.2) is 0 Å². The molecule has 0 aromatic rings. The Labute approximate surface area is 128 Å². The maximum Gasteiger partial charge on any atom is 0.139 e. The van der Waals surface area contributed by atoms with Crippen LogP contribution in [0.5, 0.6) is 0 Å². The summed E-state index contributed by atoms with van der Waals surface area (Å²) in [5.74, 6) is 5.12. The molecule has 0 aliphatic heterocycles. The SMILES string of the molecule is C[C@@H]1C[C@@H]2C[C@H](C)[C@H]3CC[C@@](C)(O)[C@H]4CC[C@H](C1=O)[C@@H]2[C@H]34. The first-order valence-electron chi connectivity index (χ1n) is 9.16. The van der Waals surface area contributed by atoms with E-state index in [1.54, 1.807) is 0 Å². The number of ketones is 1. The van der Waals surface area contributed by atoms with Gasteiger partial charge < -0.3 is 5.11 Å². The van der Waals surface area contributed by atoms with Gasteiger partial charge in [0, 0.05) is 11.8 Å². The topological polar surface area (TPSA) is 37.3 Å². The Morgan fingerprint density at radius 1 is 1.10 bits per heavy atom. The molecule has 2 nitrogen and oxygen atoms in total. The fraction of sp³-hybridized carbons (Fsp3) is 0.947. The van der Waals surface area contributed by atoms with E-state index in [1.807, 2.05) is 0 Å². The van der Waals surface area contributed by atoms with Gasteiger partial charge in [-0.05, 0) is 81.0 Å². The van der Waals surface area contributed by atoms with Gasteiger partial charge in [-0.25, -0.2) is 0 Å². The van der Waals surface area contributed by atoms with E-state index < -0.39 is 5.60 Å². The molecule has 4 fully saturated rings. The molecule has 0 bridgehead atoms. The fourth-order valence-corrected chi connectivity index (χ4v) is 7.06. The second-order valence-corrected chi connectivity index (χ2v) is 9.02. The molecule has 4 aliphatic carbocycles. The monoisotopic (exact) mass is 290 g/mol. The van der Waals surface area contributed by atoms with Crippen LogP contribution >= 0.6 is 0 Å². The molecule has 118 valence electrons. The third-order valence-corrected chi connectivity index (χ3v) is 7.90. The molecule has 0 aromatic heterocycles. The summed E-state index contributed by atoms with van der Waals surface area (Å²) in [5, 5.41) is 10.9. The van der Waals surface area contributed by atoms with E-state index in [2.05, 4.69) is 20.8 Å². The Balaban J connectivity index is 1.75. The fourth-order valence-electron chi connectivity index (χ4n) is 7.06. The lowest BCUT2D eigenvalue weighted by Gasteiger charge is -2.62. The van der Waals surface area contributed by atoms with E-state index in [0.29, 0.717) is 29.5 Å². The minimum Gasteiger partial charge on any atom is -0.390 e. The molecular formula is C19H30O2. The third kappa shape index (κ3) is 1.90. The Kier molecular flexibility index (Phi) is 3.10. The van der Waals surface area contributed by atoms with Crippen molar-refractivity contribution in [3.05, 3.63) is 0 Å². The van der Waals surface area contributed by atoms with Crippen LogP contribution in [0, 0.1) is 47.3 Å². The van der Waals surface area contributed by atoms with Crippen LogP contribution in [0.2, 0.25) is 0 Å². The Hall–Kier alpha value is -0.370. The molecule has 4 saturated carbocycles. The number of rotatable bonds is 0. The van der Waals surface area contributed by atoms with E-state index in [9.17, 15) is 9.90 Å². The first kappa shape index (κ1) is 14.2. The maximum absolute atomic E-state index is 12.7. The second kappa shape index (κ2) is 4.57. The summed E-state index contributed by atoms with van der Waals surface area (Å²) in [7, 11) is 0. The highest BCUT2D eigenvalue weighted by atomic mass is 16.3. The zero-order chi connectivity index (χ0) is 14.9. The molecule has 0 spiro atoms. The predicted molar refractivity (Wildman–Crippen MR) is 82.6 cm³/mol. The zero-order valence-corrected chi connectivity index (χ0v) is 13.7. The van der Waals surface area contributed by atoms with Crippen molar-refractivity contribution in [1.82, 2.24) is 0 Å². The molecule has 4 rings (SSSR count). The number of carbonyl (C=O) groups is 1. The number of carbonyl (C=O) groups excluding carboxylic acids is 1. The van der Waals surface area contributed by atoms with Crippen molar-refractivity contribution in [2.24, 2.45) is 47.3 Å². The van der Waals surface area contributed by atoms with Crippen molar-refractivity contribution in [1.29, 1.82) is 0 Å². The standard InChI is InChI=1S/C19H30O2/c1-10-8-12-9-11(2)18(20)14-4-5-15-17(16(12)14)13(10)6-7-19(15,3)21/h10-17,21H,4-9H2,1-3H3/t10-,11+,12-,13+,14-,15-,16+,17+,19+/m0/s1. The highest BCUT2D eigenvalue weighted by Crippen LogP contribution is 2.62. The van der Waals surface area contributed by atoms with Crippen molar-refractivity contribution >= 4 is 5.78 Å². The summed E-state index contributed by atoms with van der Waals surface area (Å²) < 4.78 is 0. The van der Waals surface area contributed by atoms with Crippen LogP contribution in [0.3, 0.4) is 0 Å². The van der Waals surface area contributed by atoms with Gasteiger partial charge in [-0.15, -0.1) is 0 Å². The Bertz CT molecular complexity index is 454. The quantitative estimate of drug-likeness (QED) is 0.739. The maximum atomic E-state index is 12.7. The molecular weight excluding hydrogens is 260 g/mol. The predicted octanol–water partition coefficient (Wildman–Crippen LogP) is 3.67. The minimum atomic E-state index is -0.486. The highest BCUT2D eigenvalue weighted by Gasteiger charge is 2.60. The summed E-state index contributed by atoms with van der Waals surface area (Å²) in [6, 6.07) is 0. The van der Waals surface area contributed by atoms with Crippen LogP contribution in [0.15, 0.2) is 0 Å². The van der Waals surface area contributed by atoms with Gasteiger partial charge in [-0.2, -0.15) is 0 Å². The van der Waals surface area contributed by atoms with Crippen molar-refractivity contribution in [3.8, 4) is 0 Å². The van der Waals surface area contributed by atoms with Gasteiger partial charge in [0.05, 0.1) is 5.60 Å². The molecule has 9 atom stereocenters. The first-order valence-corrected chi connectivity index (χ1v) is 9.16. The van der Waals surface area contributed by atoms with Gasteiger partial charge in [0.25, 0.3) is 0 Å². The molecule has 0 heterocycles. The largest absolute Gasteiger partial charge is 0.390 e. The van der Waals surface area contributed by atoms with E-state index in [-0.39, 0.29) is 5.92 Å². The van der Waals surface area contributed by atoms with E-state index in [1.165, 1.54) is 12.8 Å².